The molecule has 0 atom stereocenters. The molecule has 0 aliphatic carbocycles. The van der Waals surface area contributed by atoms with E-state index in [2.05, 4.69) is 31.9 Å². The lowest BCUT2D eigenvalue weighted by atomic mass is 10.1. The number of hydrogen-bond acceptors (Lipinski definition) is 6. The van der Waals surface area contributed by atoms with Gasteiger partial charge in [0.1, 0.15) is 5.70 Å². The molecule has 0 spiro atoms. The van der Waals surface area contributed by atoms with Gasteiger partial charge >= 0.3 is 0 Å². The number of amides is 3. The number of rotatable bonds is 10. The van der Waals surface area contributed by atoms with E-state index >= 15 is 0 Å². The summed E-state index contributed by atoms with van der Waals surface area (Å²) < 4.78 is 23.6. The Kier molecular flexibility index (Phi) is 10.3. The van der Waals surface area contributed by atoms with Crippen LogP contribution in [0.1, 0.15) is 15.9 Å². The Labute approximate surface area is 255 Å². The number of nitrogens with one attached hydrogen (secondary N) is 3. The molecule has 42 heavy (non-hydrogen) atoms. The van der Waals surface area contributed by atoms with E-state index in [1.807, 2.05) is 24.3 Å². The molecule has 214 valence electrons. The van der Waals surface area contributed by atoms with Gasteiger partial charge in [0.05, 0.1) is 10.6 Å². The molecule has 0 unspecified atom stereocenters. The van der Waals surface area contributed by atoms with Gasteiger partial charge in [0.25, 0.3) is 11.8 Å². The molecule has 4 aromatic carbocycles. The first-order valence-electron chi connectivity index (χ1n) is 12.4. The first-order valence-corrected chi connectivity index (χ1v) is 15.7. The smallest absolute Gasteiger partial charge is 0.272 e. The molecule has 9 nitrogen and oxygen atoms in total. The number of sulfonamides is 1. The first-order chi connectivity index (χ1) is 20.1. The standard InChI is InChI=1S/C30H25BrN4O5S2/c31-22-9-4-6-20(16-22)17-27(35-29(37)21-7-2-1-3-8-21)30(38)34-24-10-5-11-25(18-24)41-19-28(36)33-23-12-14-26(15-13-23)42(32,39)40/h1-18H,19H2,(H,33,36)(H,34,38)(H,35,37)(H2,32,39,40)/b27-17+. The number of nitrogens with two attached hydrogens (primary N) is 1. The molecular weight excluding hydrogens is 640 g/mol. The lowest BCUT2D eigenvalue weighted by molar-refractivity contribution is -0.114. The topological polar surface area (TPSA) is 147 Å². The quantitative estimate of drug-likeness (QED) is 0.135. The van der Waals surface area contributed by atoms with Crippen LogP contribution in [0.15, 0.2) is 123 Å². The van der Waals surface area contributed by atoms with Gasteiger partial charge in [-0.15, -0.1) is 11.8 Å². The monoisotopic (exact) mass is 664 g/mol. The van der Waals surface area contributed by atoms with Crippen molar-refractivity contribution < 1.29 is 22.8 Å². The van der Waals surface area contributed by atoms with Gasteiger partial charge in [-0.2, -0.15) is 0 Å². The molecule has 0 saturated heterocycles. The normalized spacial score (nSPS) is 11.4. The van der Waals surface area contributed by atoms with E-state index in [1.165, 1.54) is 36.0 Å². The van der Waals surface area contributed by atoms with Crippen molar-refractivity contribution in [3.63, 3.8) is 0 Å². The van der Waals surface area contributed by atoms with Crippen LogP contribution in [0.3, 0.4) is 0 Å². The molecule has 0 aliphatic heterocycles. The first kappa shape index (κ1) is 30.7. The minimum Gasteiger partial charge on any atom is -0.325 e. The molecule has 0 radical (unpaired) electrons. The number of halogens is 1. The van der Waals surface area contributed by atoms with Crippen molar-refractivity contribution in [1.82, 2.24) is 5.32 Å². The number of primary sulfonamides is 1. The zero-order chi connectivity index (χ0) is 30.1. The van der Waals surface area contributed by atoms with Crippen LogP contribution in [0.4, 0.5) is 11.4 Å². The number of benzene rings is 4. The van der Waals surface area contributed by atoms with Gasteiger partial charge in [-0.05, 0) is 78.4 Å². The Morgan fingerprint density at radius 1 is 0.810 bits per heavy atom. The predicted octanol–water partition coefficient (Wildman–Crippen LogP) is 5.24. The van der Waals surface area contributed by atoms with E-state index in [1.54, 1.807) is 60.7 Å². The zero-order valence-electron chi connectivity index (χ0n) is 21.9. The number of carbonyl (C=O) groups is 3. The maximum atomic E-state index is 13.3. The van der Waals surface area contributed by atoms with E-state index in [0.717, 1.165) is 9.37 Å². The van der Waals surface area contributed by atoms with Crippen molar-refractivity contribution in [3.05, 3.63) is 124 Å². The second-order valence-electron chi connectivity index (χ2n) is 8.82. The molecule has 0 heterocycles. The number of carbonyl (C=O) groups excluding carboxylic acids is 3. The van der Waals surface area contributed by atoms with Crippen LogP contribution >= 0.6 is 27.7 Å². The van der Waals surface area contributed by atoms with Crippen LogP contribution in [0.5, 0.6) is 0 Å². The van der Waals surface area contributed by atoms with Gasteiger partial charge < -0.3 is 16.0 Å². The van der Waals surface area contributed by atoms with Gasteiger partial charge in [-0.3, -0.25) is 14.4 Å². The molecule has 12 heteroatoms. The van der Waals surface area contributed by atoms with Crippen molar-refractivity contribution in [1.29, 1.82) is 0 Å². The fraction of sp³-hybridized carbons (Fsp3) is 0.0333. The molecule has 0 fully saturated rings. The van der Waals surface area contributed by atoms with Gasteiger partial charge in [0, 0.05) is 26.3 Å². The van der Waals surface area contributed by atoms with Crippen LogP contribution < -0.4 is 21.1 Å². The minimum absolute atomic E-state index is 0.0489. The van der Waals surface area contributed by atoms with Crippen LogP contribution in [-0.4, -0.2) is 31.9 Å². The maximum absolute atomic E-state index is 13.3. The third-order valence-electron chi connectivity index (χ3n) is 5.62. The molecular formula is C30H25BrN4O5S2. The Hall–Kier alpha value is -4.23. The molecule has 0 aromatic heterocycles. The van der Waals surface area contributed by atoms with Crippen molar-refractivity contribution >= 4 is 72.9 Å². The second-order valence-corrected chi connectivity index (χ2v) is 12.3. The third-order valence-corrected chi connectivity index (χ3v) is 8.03. The summed E-state index contributed by atoms with van der Waals surface area (Å²) in [6.07, 6.45) is 1.58. The lowest BCUT2D eigenvalue weighted by Crippen LogP contribution is -2.30. The average molecular weight is 666 g/mol. The van der Waals surface area contributed by atoms with Crippen LogP contribution in [0.2, 0.25) is 0 Å². The van der Waals surface area contributed by atoms with E-state index < -0.39 is 21.8 Å². The fourth-order valence-corrected chi connectivity index (χ4v) is 5.33. The summed E-state index contributed by atoms with van der Waals surface area (Å²) in [4.78, 5) is 39.3. The fourth-order valence-electron chi connectivity index (χ4n) is 3.64. The summed E-state index contributed by atoms with van der Waals surface area (Å²) in [5.74, 6) is -1.19. The van der Waals surface area contributed by atoms with Gasteiger partial charge in [0.15, 0.2) is 0 Å². The van der Waals surface area contributed by atoms with E-state index in [4.69, 9.17) is 5.14 Å². The predicted molar refractivity (Wildman–Crippen MR) is 168 cm³/mol. The minimum atomic E-state index is -3.82. The summed E-state index contributed by atoms with van der Waals surface area (Å²) in [6, 6.07) is 28.4. The Bertz CT molecular complexity index is 1750. The molecule has 0 bridgehead atoms. The van der Waals surface area contributed by atoms with Gasteiger partial charge in [-0.25, -0.2) is 13.6 Å². The molecule has 5 N–H and O–H groups in total. The second kappa shape index (κ2) is 14.1. The van der Waals surface area contributed by atoms with Gasteiger partial charge in [0.2, 0.25) is 15.9 Å². The van der Waals surface area contributed by atoms with Crippen molar-refractivity contribution in [3.8, 4) is 0 Å². The summed E-state index contributed by atoms with van der Waals surface area (Å²) in [6.45, 7) is 0. The van der Waals surface area contributed by atoms with E-state index in [0.29, 0.717) is 22.5 Å². The van der Waals surface area contributed by atoms with Gasteiger partial charge in [-0.1, -0.05) is 52.3 Å². The Morgan fingerprint density at radius 2 is 1.52 bits per heavy atom. The lowest BCUT2D eigenvalue weighted by Gasteiger charge is -2.12. The maximum Gasteiger partial charge on any atom is 0.272 e. The highest BCUT2D eigenvalue weighted by atomic mass is 79.9. The molecule has 4 aromatic rings. The summed E-state index contributed by atoms with van der Waals surface area (Å²) in [5, 5.41) is 13.3. The SMILES string of the molecule is NS(=O)(=O)c1ccc(NC(=O)CSc2cccc(NC(=O)/C(=C\c3cccc(Br)c3)NC(=O)c3ccccc3)c2)cc1. The van der Waals surface area contributed by atoms with Crippen LogP contribution in [0, 0.1) is 0 Å². The zero-order valence-corrected chi connectivity index (χ0v) is 25.1. The van der Waals surface area contributed by atoms with E-state index in [9.17, 15) is 22.8 Å². The summed E-state index contributed by atoms with van der Waals surface area (Å²) in [7, 11) is -3.82. The summed E-state index contributed by atoms with van der Waals surface area (Å²) in [5.41, 5.74) is 2.06. The third kappa shape index (κ3) is 9.14. The molecule has 0 aliphatic rings. The van der Waals surface area contributed by atoms with E-state index in [-0.39, 0.29) is 22.3 Å². The van der Waals surface area contributed by atoms with Crippen molar-refractivity contribution in [2.45, 2.75) is 9.79 Å². The number of thioether (sulfide) groups is 1. The summed E-state index contributed by atoms with van der Waals surface area (Å²) >= 11 is 4.67. The number of hydrogen-bond donors (Lipinski definition) is 4. The Morgan fingerprint density at radius 3 is 2.21 bits per heavy atom. The highest BCUT2D eigenvalue weighted by molar-refractivity contribution is 9.10. The highest BCUT2D eigenvalue weighted by Crippen LogP contribution is 2.23. The molecule has 0 saturated carbocycles. The largest absolute Gasteiger partial charge is 0.325 e. The Balaban J connectivity index is 1.42. The average Bonchev–Trinajstić information content (AvgIpc) is 2.96. The van der Waals surface area contributed by atoms with Crippen molar-refractivity contribution in [2.24, 2.45) is 5.14 Å². The van der Waals surface area contributed by atoms with Crippen LogP contribution in [-0.2, 0) is 19.6 Å². The van der Waals surface area contributed by atoms with Crippen molar-refractivity contribution in [2.75, 3.05) is 16.4 Å². The molecule has 4 rings (SSSR count). The number of anilines is 2. The van der Waals surface area contributed by atoms with Crippen LogP contribution in [0.25, 0.3) is 6.08 Å². The highest BCUT2D eigenvalue weighted by Gasteiger charge is 2.16. The molecule has 3 amide bonds.